The molecule has 0 saturated carbocycles. The van der Waals surface area contributed by atoms with Crippen molar-refractivity contribution in [2.45, 2.75) is 6.42 Å². The quantitative estimate of drug-likeness (QED) is 0.337. The van der Waals surface area contributed by atoms with Crippen LogP contribution in [0.4, 0.5) is 5.82 Å². The highest BCUT2D eigenvalue weighted by atomic mass is 16.5. The number of nitrogens with one attached hydrogen (secondary N) is 3. The fourth-order valence-corrected chi connectivity index (χ4v) is 2.33. The maximum absolute atomic E-state index is 11.9. The summed E-state index contributed by atoms with van der Waals surface area (Å²) in [5.41, 5.74) is 3.51. The van der Waals surface area contributed by atoms with E-state index in [-0.39, 0.29) is 12.3 Å². The van der Waals surface area contributed by atoms with Crippen molar-refractivity contribution in [3.63, 3.8) is 0 Å². The van der Waals surface area contributed by atoms with Crippen molar-refractivity contribution in [3.05, 3.63) is 65.7 Å². The molecule has 3 rings (SSSR count). The van der Waals surface area contributed by atoms with Gasteiger partial charge in [0.15, 0.2) is 0 Å². The maximum Gasteiger partial charge on any atom is 0.274 e. The van der Waals surface area contributed by atoms with Crippen LogP contribution in [-0.2, 0) is 4.79 Å². The van der Waals surface area contributed by atoms with E-state index >= 15 is 0 Å². The second-order valence-corrected chi connectivity index (χ2v) is 5.32. The number of carbonyl (C=O) groups excluding carboxylic acids is 2. The minimum absolute atomic E-state index is 0.0498. The Bertz CT molecular complexity index is 945. The Hall–Kier alpha value is -3.56. The van der Waals surface area contributed by atoms with Crippen LogP contribution >= 0.6 is 0 Å². The van der Waals surface area contributed by atoms with Crippen LogP contribution in [0.15, 0.2) is 54.6 Å². The second-order valence-electron chi connectivity index (χ2n) is 5.32. The number of rotatable bonds is 3. The maximum atomic E-state index is 11.9. The normalized spacial score (nSPS) is 9.96. The van der Waals surface area contributed by atoms with Crippen LogP contribution in [0.3, 0.4) is 0 Å². The van der Waals surface area contributed by atoms with E-state index in [2.05, 4.69) is 22.1 Å². The zero-order valence-electron chi connectivity index (χ0n) is 13.2. The van der Waals surface area contributed by atoms with Gasteiger partial charge in [-0.25, -0.2) is 5.48 Å². The van der Waals surface area contributed by atoms with Crippen LogP contribution in [0, 0.1) is 11.8 Å². The van der Waals surface area contributed by atoms with E-state index in [4.69, 9.17) is 5.21 Å². The molecule has 1 heterocycles. The highest BCUT2D eigenvalue weighted by Gasteiger charge is 2.04. The summed E-state index contributed by atoms with van der Waals surface area (Å²) in [6.07, 6.45) is 0.0498. The topological polar surface area (TPSA) is 94.2 Å². The average Bonchev–Trinajstić information content (AvgIpc) is 3.03. The van der Waals surface area contributed by atoms with Crippen molar-refractivity contribution in [2.24, 2.45) is 0 Å². The summed E-state index contributed by atoms with van der Waals surface area (Å²) in [7, 11) is 0. The molecule has 0 spiro atoms. The first-order chi connectivity index (χ1) is 12.2. The zero-order chi connectivity index (χ0) is 17.6. The number of carbonyl (C=O) groups is 2. The van der Waals surface area contributed by atoms with E-state index in [9.17, 15) is 9.59 Å². The molecule has 0 aliphatic rings. The molecule has 6 nitrogen and oxygen atoms in total. The van der Waals surface area contributed by atoms with Crippen molar-refractivity contribution in [2.75, 3.05) is 5.32 Å². The van der Waals surface area contributed by atoms with Gasteiger partial charge in [-0.15, -0.1) is 0 Å². The standard InChI is InChI=1S/C19H15N3O3/c23-18(21-17-12-15-5-1-2-6-16(15)20-17)7-3-4-13-8-10-14(11-9-13)19(24)22-25/h1-2,5-6,8-12,20,25H,7H2,(H,21,23)(H,22,24). The molecule has 0 radical (unpaired) electrons. The monoisotopic (exact) mass is 333 g/mol. The van der Waals surface area contributed by atoms with Crippen LogP contribution in [0.2, 0.25) is 0 Å². The van der Waals surface area contributed by atoms with Crippen molar-refractivity contribution in [1.82, 2.24) is 10.5 Å². The number of hydrogen-bond donors (Lipinski definition) is 4. The first kappa shape index (κ1) is 16.3. The van der Waals surface area contributed by atoms with Gasteiger partial charge in [0.1, 0.15) is 5.82 Å². The van der Waals surface area contributed by atoms with Crippen molar-refractivity contribution in [3.8, 4) is 11.8 Å². The molecule has 1 aromatic heterocycles. The summed E-state index contributed by atoms with van der Waals surface area (Å²) in [6, 6.07) is 16.0. The Kier molecular flexibility index (Phi) is 4.79. The van der Waals surface area contributed by atoms with Gasteiger partial charge in [-0.2, -0.15) is 0 Å². The van der Waals surface area contributed by atoms with Gasteiger partial charge in [-0.05, 0) is 36.4 Å². The van der Waals surface area contributed by atoms with Crippen LogP contribution < -0.4 is 10.8 Å². The highest BCUT2D eigenvalue weighted by molar-refractivity contribution is 5.95. The largest absolute Gasteiger partial charge is 0.341 e. The molecule has 0 saturated heterocycles. The van der Waals surface area contributed by atoms with Crippen LogP contribution in [0.25, 0.3) is 10.9 Å². The molecule has 2 aromatic carbocycles. The zero-order valence-corrected chi connectivity index (χ0v) is 13.2. The third kappa shape index (κ3) is 4.05. The number of benzene rings is 2. The third-order valence-corrected chi connectivity index (χ3v) is 3.53. The van der Waals surface area contributed by atoms with Crippen LogP contribution in [-0.4, -0.2) is 22.0 Å². The Morgan fingerprint density at radius 3 is 2.56 bits per heavy atom. The fraction of sp³-hybridized carbons (Fsp3) is 0.0526. The predicted molar refractivity (Wildman–Crippen MR) is 94.1 cm³/mol. The van der Waals surface area contributed by atoms with Crippen LogP contribution in [0.1, 0.15) is 22.3 Å². The van der Waals surface area contributed by atoms with Gasteiger partial charge in [0.05, 0.1) is 6.42 Å². The lowest BCUT2D eigenvalue weighted by Crippen LogP contribution is -2.18. The molecule has 6 heteroatoms. The number of hydrogen-bond acceptors (Lipinski definition) is 3. The van der Waals surface area contributed by atoms with Crippen LogP contribution in [0.5, 0.6) is 0 Å². The van der Waals surface area contributed by atoms with E-state index in [1.54, 1.807) is 29.7 Å². The summed E-state index contributed by atoms with van der Waals surface area (Å²) in [6.45, 7) is 0. The summed E-state index contributed by atoms with van der Waals surface area (Å²) in [4.78, 5) is 26.3. The van der Waals surface area contributed by atoms with E-state index in [0.29, 0.717) is 16.9 Å². The Balaban J connectivity index is 1.59. The number of fused-ring (bicyclic) bond motifs is 1. The first-order valence-corrected chi connectivity index (χ1v) is 7.57. The SMILES string of the molecule is O=C(CC#Cc1ccc(C(=O)NO)cc1)Nc1cc2ccccc2[nH]1. The molecular formula is C19H15N3O3. The number of aromatic nitrogens is 1. The molecule has 124 valence electrons. The minimum atomic E-state index is -0.586. The lowest BCUT2D eigenvalue weighted by Gasteiger charge is -1.99. The van der Waals surface area contributed by atoms with Gasteiger partial charge in [0.25, 0.3) is 5.91 Å². The number of hydroxylamine groups is 1. The summed E-state index contributed by atoms with van der Waals surface area (Å²) < 4.78 is 0. The molecule has 0 aliphatic carbocycles. The number of aromatic amines is 1. The lowest BCUT2D eigenvalue weighted by atomic mass is 10.1. The van der Waals surface area contributed by atoms with Gasteiger partial charge in [-0.1, -0.05) is 30.0 Å². The molecule has 0 atom stereocenters. The smallest absolute Gasteiger partial charge is 0.274 e. The minimum Gasteiger partial charge on any atom is -0.341 e. The number of para-hydroxylation sites is 1. The summed E-state index contributed by atoms with van der Waals surface area (Å²) in [5, 5.41) is 12.3. The molecule has 3 aromatic rings. The van der Waals surface area contributed by atoms with E-state index in [1.165, 1.54) is 0 Å². The molecule has 2 amide bonds. The van der Waals surface area contributed by atoms with E-state index in [0.717, 1.165) is 10.9 Å². The molecule has 25 heavy (non-hydrogen) atoms. The third-order valence-electron chi connectivity index (χ3n) is 3.53. The molecule has 0 aliphatic heterocycles. The van der Waals surface area contributed by atoms with Crippen molar-refractivity contribution in [1.29, 1.82) is 0 Å². The Morgan fingerprint density at radius 1 is 1.08 bits per heavy atom. The molecule has 0 bridgehead atoms. The molecule has 4 N–H and O–H groups in total. The van der Waals surface area contributed by atoms with Crippen molar-refractivity contribution >= 4 is 28.5 Å². The van der Waals surface area contributed by atoms with Gasteiger partial charge >= 0.3 is 0 Å². The summed E-state index contributed by atoms with van der Waals surface area (Å²) in [5.74, 6) is 5.48. The number of H-pyrrole nitrogens is 1. The summed E-state index contributed by atoms with van der Waals surface area (Å²) >= 11 is 0. The highest BCUT2D eigenvalue weighted by Crippen LogP contribution is 2.17. The first-order valence-electron chi connectivity index (χ1n) is 7.57. The second kappa shape index (κ2) is 7.34. The van der Waals surface area contributed by atoms with Gasteiger partial charge < -0.3 is 10.3 Å². The fourth-order valence-electron chi connectivity index (χ4n) is 2.33. The Morgan fingerprint density at radius 2 is 1.84 bits per heavy atom. The van der Waals surface area contributed by atoms with Gasteiger partial charge in [0.2, 0.25) is 5.91 Å². The van der Waals surface area contributed by atoms with Crippen molar-refractivity contribution < 1.29 is 14.8 Å². The van der Waals surface area contributed by atoms with E-state index in [1.807, 2.05) is 30.3 Å². The number of anilines is 1. The predicted octanol–water partition coefficient (Wildman–Crippen LogP) is 2.67. The van der Waals surface area contributed by atoms with Gasteiger partial charge in [0, 0.05) is 22.0 Å². The average molecular weight is 333 g/mol. The lowest BCUT2D eigenvalue weighted by molar-refractivity contribution is -0.115. The van der Waals surface area contributed by atoms with Gasteiger partial charge in [-0.3, -0.25) is 14.8 Å². The van der Waals surface area contributed by atoms with E-state index < -0.39 is 5.91 Å². The number of amides is 2. The Labute approximate surface area is 143 Å². The molecule has 0 fully saturated rings. The molecular weight excluding hydrogens is 318 g/mol. The molecule has 0 unspecified atom stereocenters.